The first-order chi connectivity index (χ1) is 11.1. The first-order valence-electron chi connectivity index (χ1n) is 8.15. The second-order valence-corrected chi connectivity index (χ2v) is 6.17. The fourth-order valence-electron chi connectivity index (χ4n) is 3.33. The summed E-state index contributed by atoms with van der Waals surface area (Å²) in [6.45, 7) is 3.61. The number of imidazole rings is 1. The molecule has 1 fully saturated rings. The van der Waals surface area contributed by atoms with Crippen molar-refractivity contribution in [3.05, 3.63) is 41.7 Å². The van der Waals surface area contributed by atoms with Crippen molar-refractivity contribution in [3.63, 3.8) is 0 Å². The summed E-state index contributed by atoms with van der Waals surface area (Å²) >= 11 is 0. The summed E-state index contributed by atoms with van der Waals surface area (Å²) in [4.78, 5) is 18.7. The van der Waals surface area contributed by atoms with Gasteiger partial charge in [0, 0.05) is 18.3 Å². The number of piperidine rings is 1. The molecule has 0 amide bonds. The van der Waals surface area contributed by atoms with E-state index in [0.717, 1.165) is 43.0 Å². The highest BCUT2D eigenvalue weighted by molar-refractivity contribution is 5.76. The molecule has 5 nitrogen and oxygen atoms in total. The van der Waals surface area contributed by atoms with Crippen LogP contribution in [-0.2, 0) is 11.8 Å². The van der Waals surface area contributed by atoms with Crippen molar-refractivity contribution < 1.29 is 9.90 Å². The van der Waals surface area contributed by atoms with Gasteiger partial charge in [0.25, 0.3) is 0 Å². The number of carbonyl (C=O) groups is 1. The van der Waals surface area contributed by atoms with Gasteiger partial charge >= 0.3 is 5.97 Å². The summed E-state index contributed by atoms with van der Waals surface area (Å²) in [5, 5.41) is 9.78. The average Bonchev–Trinajstić information content (AvgIpc) is 2.85. The van der Waals surface area contributed by atoms with Crippen LogP contribution in [0.15, 0.2) is 30.3 Å². The molecule has 1 aliphatic rings. The molecule has 0 saturated carbocycles. The van der Waals surface area contributed by atoms with Crippen molar-refractivity contribution in [3.8, 4) is 11.4 Å². The number of hydrogen-bond acceptors (Lipinski definition) is 3. The summed E-state index contributed by atoms with van der Waals surface area (Å²) in [7, 11) is 1.95. The molecule has 1 atom stereocenters. The Morgan fingerprint density at radius 3 is 2.43 bits per heavy atom. The minimum Gasteiger partial charge on any atom is -0.480 e. The number of benzene rings is 1. The Kier molecular flexibility index (Phi) is 4.48. The van der Waals surface area contributed by atoms with Crippen LogP contribution in [0.3, 0.4) is 0 Å². The standard InChI is InChI=1S/C18H23N3O2/c1-13-15(16(18(22)23)21-11-7-4-8-12-21)19-17(20(13)2)14-9-5-3-6-10-14/h3,5-6,9-10,16H,4,7-8,11-12H2,1-2H3,(H,22,23). The molecule has 1 aromatic heterocycles. The number of nitrogens with zero attached hydrogens (tertiary/aromatic N) is 3. The maximum absolute atomic E-state index is 11.9. The number of aromatic nitrogens is 2. The fourth-order valence-corrected chi connectivity index (χ4v) is 3.33. The van der Waals surface area contributed by atoms with Crippen molar-refractivity contribution in [2.45, 2.75) is 32.2 Å². The number of hydrogen-bond donors (Lipinski definition) is 1. The van der Waals surface area contributed by atoms with E-state index in [-0.39, 0.29) is 0 Å². The summed E-state index contributed by atoms with van der Waals surface area (Å²) in [5.41, 5.74) is 2.59. The SMILES string of the molecule is Cc1c(C(C(=O)O)N2CCCCC2)nc(-c2ccccc2)n1C. The lowest BCUT2D eigenvalue weighted by Gasteiger charge is -2.31. The lowest BCUT2D eigenvalue weighted by atomic mass is 10.1. The maximum Gasteiger partial charge on any atom is 0.327 e. The van der Waals surface area contributed by atoms with Crippen LogP contribution >= 0.6 is 0 Å². The van der Waals surface area contributed by atoms with E-state index >= 15 is 0 Å². The Morgan fingerprint density at radius 1 is 1.17 bits per heavy atom. The molecule has 0 spiro atoms. The molecule has 0 aliphatic carbocycles. The van der Waals surface area contributed by atoms with Crippen molar-refractivity contribution in [1.29, 1.82) is 0 Å². The van der Waals surface area contributed by atoms with Gasteiger partial charge in [0.1, 0.15) is 5.82 Å². The second kappa shape index (κ2) is 6.54. The molecule has 1 aromatic carbocycles. The van der Waals surface area contributed by atoms with Gasteiger partial charge in [-0.2, -0.15) is 0 Å². The van der Waals surface area contributed by atoms with E-state index < -0.39 is 12.0 Å². The zero-order valence-electron chi connectivity index (χ0n) is 13.7. The molecular weight excluding hydrogens is 290 g/mol. The van der Waals surface area contributed by atoms with E-state index in [0.29, 0.717) is 5.69 Å². The molecule has 5 heteroatoms. The van der Waals surface area contributed by atoms with Gasteiger partial charge in [0.2, 0.25) is 0 Å². The summed E-state index contributed by atoms with van der Waals surface area (Å²) in [6.07, 6.45) is 3.29. The molecule has 1 unspecified atom stereocenters. The Hall–Kier alpha value is -2.14. The third-order valence-electron chi connectivity index (χ3n) is 4.70. The Bertz CT molecular complexity index is 688. The van der Waals surface area contributed by atoms with E-state index in [4.69, 9.17) is 4.98 Å². The van der Waals surface area contributed by atoms with Crippen LogP contribution in [0.25, 0.3) is 11.4 Å². The smallest absolute Gasteiger partial charge is 0.327 e. The van der Waals surface area contributed by atoms with Crippen molar-refractivity contribution in [2.75, 3.05) is 13.1 Å². The first kappa shape index (κ1) is 15.7. The van der Waals surface area contributed by atoms with Crippen LogP contribution in [0, 0.1) is 6.92 Å². The lowest BCUT2D eigenvalue weighted by molar-refractivity contribution is -0.144. The predicted octanol–water partition coefficient (Wildman–Crippen LogP) is 3.01. The van der Waals surface area contributed by atoms with E-state index in [2.05, 4.69) is 4.90 Å². The number of carboxylic acids is 1. The molecular formula is C18H23N3O2. The van der Waals surface area contributed by atoms with E-state index in [1.165, 1.54) is 6.42 Å². The Labute approximate surface area is 136 Å². The number of likely N-dealkylation sites (tertiary alicyclic amines) is 1. The highest BCUT2D eigenvalue weighted by Gasteiger charge is 2.33. The molecule has 2 heterocycles. The lowest BCUT2D eigenvalue weighted by Crippen LogP contribution is -2.38. The highest BCUT2D eigenvalue weighted by atomic mass is 16.4. The highest BCUT2D eigenvalue weighted by Crippen LogP contribution is 2.30. The van der Waals surface area contributed by atoms with Gasteiger partial charge in [0.15, 0.2) is 6.04 Å². The predicted molar refractivity (Wildman–Crippen MR) is 89.2 cm³/mol. The monoisotopic (exact) mass is 313 g/mol. The van der Waals surface area contributed by atoms with E-state index in [1.54, 1.807) is 0 Å². The molecule has 2 aromatic rings. The molecule has 23 heavy (non-hydrogen) atoms. The summed E-state index contributed by atoms with van der Waals surface area (Å²) in [6, 6.07) is 9.26. The summed E-state index contributed by atoms with van der Waals surface area (Å²) in [5.74, 6) is 0.00840. The number of aliphatic carboxylic acids is 1. The van der Waals surface area contributed by atoms with Crippen LogP contribution in [0.1, 0.15) is 36.7 Å². The van der Waals surface area contributed by atoms with Gasteiger partial charge in [-0.25, -0.2) is 4.98 Å². The molecule has 1 N–H and O–H groups in total. The molecule has 122 valence electrons. The van der Waals surface area contributed by atoms with Gasteiger partial charge in [-0.1, -0.05) is 36.8 Å². The number of carboxylic acid groups (broad SMARTS) is 1. The maximum atomic E-state index is 11.9. The van der Waals surface area contributed by atoms with Crippen molar-refractivity contribution in [2.24, 2.45) is 7.05 Å². The summed E-state index contributed by atoms with van der Waals surface area (Å²) < 4.78 is 1.99. The topological polar surface area (TPSA) is 58.4 Å². The normalized spacial score (nSPS) is 17.1. The van der Waals surface area contributed by atoms with Crippen molar-refractivity contribution in [1.82, 2.24) is 14.5 Å². The quantitative estimate of drug-likeness (QED) is 0.942. The van der Waals surface area contributed by atoms with E-state index in [1.807, 2.05) is 48.9 Å². The minimum atomic E-state index is -0.812. The fraction of sp³-hybridized carbons (Fsp3) is 0.444. The number of rotatable bonds is 4. The Balaban J connectivity index is 2.02. The van der Waals surface area contributed by atoms with E-state index in [9.17, 15) is 9.90 Å². The van der Waals surface area contributed by atoms with Crippen LogP contribution in [0.5, 0.6) is 0 Å². The first-order valence-corrected chi connectivity index (χ1v) is 8.15. The zero-order chi connectivity index (χ0) is 16.4. The van der Waals surface area contributed by atoms with Crippen LogP contribution in [-0.4, -0.2) is 38.6 Å². The molecule has 0 radical (unpaired) electrons. The molecule has 1 saturated heterocycles. The van der Waals surface area contributed by atoms with Gasteiger partial charge in [-0.3, -0.25) is 9.69 Å². The third-order valence-corrected chi connectivity index (χ3v) is 4.70. The zero-order valence-corrected chi connectivity index (χ0v) is 13.7. The molecule has 0 bridgehead atoms. The van der Waals surface area contributed by atoms with Crippen LogP contribution < -0.4 is 0 Å². The van der Waals surface area contributed by atoms with Gasteiger partial charge < -0.3 is 9.67 Å². The molecule has 1 aliphatic heterocycles. The largest absolute Gasteiger partial charge is 0.480 e. The van der Waals surface area contributed by atoms with Crippen molar-refractivity contribution >= 4 is 5.97 Å². The van der Waals surface area contributed by atoms with Gasteiger partial charge in [-0.15, -0.1) is 0 Å². The minimum absolute atomic E-state index is 0.654. The molecule has 3 rings (SSSR count). The Morgan fingerprint density at radius 2 is 1.83 bits per heavy atom. The second-order valence-electron chi connectivity index (χ2n) is 6.17. The average molecular weight is 313 g/mol. The third kappa shape index (κ3) is 3.01. The van der Waals surface area contributed by atoms with Gasteiger partial charge in [-0.05, 0) is 32.9 Å². The van der Waals surface area contributed by atoms with Gasteiger partial charge in [0.05, 0.1) is 5.69 Å². The van der Waals surface area contributed by atoms with Crippen LogP contribution in [0.2, 0.25) is 0 Å². The van der Waals surface area contributed by atoms with Crippen LogP contribution in [0.4, 0.5) is 0 Å².